The summed E-state index contributed by atoms with van der Waals surface area (Å²) >= 11 is 1.75. The highest BCUT2D eigenvalue weighted by atomic mass is 32.1. The van der Waals surface area contributed by atoms with Gasteiger partial charge in [0.05, 0.1) is 6.54 Å². The van der Waals surface area contributed by atoms with Crippen molar-refractivity contribution in [2.75, 3.05) is 7.05 Å². The third-order valence-electron chi connectivity index (χ3n) is 4.34. The predicted molar refractivity (Wildman–Crippen MR) is 90.8 cm³/mol. The lowest BCUT2D eigenvalue weighted by Gasteiger charge is -2.21. The van der Waals surface area contributed by atoms with Crippen molar-refractivity contribution in [1.82, 2.24) is 15.2 Å². The summed E-state index contributed by atoms with van der Waals surface area (Å²) in [6, 6.07) is 2.05. The Hall–Kier alpha value is -1.88. The number of hydrogen-bond donors (Lipinski definition) is 1. The fourth-order valence-electron chi connectivity index (χ4n) is 2.90. The molecule has 0 radical (unpaired) electrons. The zero-order chi connectivity index (χ0) is 15.7. The molecule has 0 saturated carbocycles. The number of nitrogens with one attached hydrogen (secondary N) is 1. The number of thiophene rings is 1. The lowest BCUT2D eigenvalue weighted by atomic mass is 10.2. The van der Waals surface area contributed by atoms with E-state index in [4.69, 9.17) is 0 Å². The number of fused-ring (bicyclic) bond motifs is 1. The van der Waals surface area contributed by atoms with Crippen LogP contribution in [0.4, 0.5) is 0 Å². The highest BCUT2D eigenvalue weighted by Gasteiger charge is 2.29. The fraction of sp³-hybridized carbons (Fsp3) is 0.412. The molecule has 1 unspecified atom stereocenters. The maximum absolute atomic E-state index is 12.3. The van der Waals surface area contributed by atoms with Crippen LogP contribution in [0.1, 0.15) is 30.2 Å². The Kier molecular flexibility index (Phi) is 4.16. The van der Waals surface area contributed by atoms with E-state index in [1.165, 1.54) is 20.5 Å². The number of hydrogen-bond acceptors (Lipinski definition) is 4. The van der Waals surface area contributed by atoms with E-state index in [0.717, 1.165) is 25.0 Å². The van der Waals surface area contributed by atoms with Gasteiger partial charge in [-0.3, -0.25) is 9.78 Å². The van der Waals surface area contributed by atoms with Gasteiger partial charge in [-0.1, -0.05) is 13.5 Å². The molecule has 3 rings (SSSR count). The highest BCUT2D eigenvalue weighted by Crippen LogP contribution is 2.28. The first-order valence-corrected chi connectivity index (χ1v) is 8.45. The van der Waals surface area contributed by atoms with Gasteiger partial charge in [-0.25, -0.2) is 0 Å². The van der Waals surface area contributed by atoms with Gasteiger partial charge in [0.1, 0.15) is 6.04 Å². The van der Waals surface area contributed by atoms with Crippen LogP contribution in [0.15, 0.2) is 30.7 Å². The number of likely N-dealkylation sites (N-methyl/N-ethyl adjacent to an activating group) is 1. The van der Waals surface area contributed by atoms with E-state index < -0.39 is 0 Å². The third kappa shape index (κ3) is 2.73. The van der Waals surface area contributed by atoms with Crippen molar-refractivity contribution in [2.45, 2.75) is 38.8 Å². The molecule has 1 amide bonds. The molecule has 116 valence electrons. The van der Waals surface area contributed by atoms with Crippen LogP contribution in [0.5, 0.6) is 0 Å². The molecule has 1 N–H and O–H groups in total. The van der Waals surface area contributed by atoms with Crippen LogP contribution in [-0.2, 0) is 17.8 Å². The van der Waals surface area contributed by atoms with Gasteiger partial charge in [0.25, 0.3) is 0 Å². The average molecular weight is 315 g/mol. The van der Waals surface area contributed by atoms with E-state index in [9.17, 15) is 4.79 Å². The second kappa shape index (κ2) is 6.08. The van der Waals surface area contributed by atoms with Crippen molar-refractivity contribution in [3.8, 4) is 0 Å². The van der Waals surface area contributed by atoms with E-state index in [1.54, 1.807) is 11.3 Å². The summed E-state index contributed by atoms with van der Waals surface area (Å²) < 4.78 is 1.29. The van der Waals surface area contributed by atoms with Gasteiger partial charge in [0, 0.05) is 40.1 Å². The number of carbonyl (C=O) groups is 1. The smallest absolute Gasteiger partial charge is 0.242 e. The van der Waals surface area contributed by atoms with E-state index in [1.807, 2.05) is 24.3 Å². The predicted octanol–water partition coefficient (Wildman–Crippen LogP) is 3.08. The number of aromatic nitrogens is 1. The van der Waals surface area contributed by atoms with Crippen LogP contribution >= 0.6 is 11.3 Å². The van der Waals surface area contributed by atoms with Gasteiger partial charge in [0.2, 0.25) is 5.91 Å². The Morgan fingerprint density at radius 1 is 1.55 bits per heavy atom. The molecule has 1 fully saturated rings. The molecule has 22 heavy (non-hydrogen) atoms. The summed E-state index contributed by atoms with van der Waals surface area (Å²) in [4.78, 5) is 19.7. The topological polar surface area (TPSA) is 45.2 Å². The van der Waals surface area contributed by atoms with Gasteiger partial charge in [-0.15, -0.1) is 11.3 Å². The summed E-state index contributed by atoms with van der Waals surface area (Å²) in [7, 11) is 1.94. The van der Waals surface area contributed by atoms with Crippen molar-refractivity contribution in [3.05, 3.63) is 41.2 Å². The molecule has 0 bridgehead atoms. The minimum Gasteiger partial charge on any atom is -0.367 e. The number of nitrogens with zero attached hydrogens (tertiary/aromatic N) is 2. The van der Waals surface area contributed by atoms with Crippen molar-refractivity contribution >= 4 is 27.3 Å². The van der Waals surface area contributed by atoms with Gasteiger partial charge in [0.15, 0.2) is 0 Å². The van der Waals surface area contributed by atoms with Crippen LogP contribution in [0.25, 0.3) is 10.1 Å². The first-order valence-electron chi connectivity index (χ1n) is 7.63. The second-order valence-corrected chi connectivity index (χ2v) is 6.87. The van der Waals surface area contributed by atoms with Crippen molar-refractivity contribution < 1.29 is 4.79 Å². The van der Waals surface area contributed by atoms with Gasteiger partial charge < -0.3 is 10.2 Å². The number of amides is 1. The SMILES string of the molecule is C=C1CCC(C(=O)NCc2cc3cncc(CC)c3s2)N1C. The normalized spacial score (nSPS) is 18.2. The van der Waals surface area contributed by atoms with E-state index in [2.05, 4.69) is 29.9 Å². The van der Waals surface area contributed by atoms with E-state index >= 15 is 0 Å². The zero-order valence-electron chi connectivity index (χ0n) is 13.1. The van der Waals surface area contributed by atoms with Crippen LogP contribution in [0, 0.1) is 0 Å². The van der Waals surface area contributed by atoms with Crippen molar-refractivity contribution in [3.63, 3.8) is 0 Å². The van der Waals surface area contributed by atoms with Gasteiger partial charge >= 0.3 is 0 Å². The highest BCUT2D eigenvalue weighted by molar-refractivity contribution is 7.19. The first kappa shape index (κ1) is 15.0. The molecule has 5 heteroatoms. The Bertz CT molecular complexity index is 722. The lowest BCUT2D eigenvalue weighted by Crippen LogP contribution is -2.40. The number of rotatable bonds is 4. The molecular weight excluding hydrogens is 294 g/mol. The Morgan fingerprint density at radius 3 is 3.05 bits per heavy atom. The molecule has 1 aliphatic rings. The molecule has 1 atom stereocenters. The van der Waals surface area contributed by atoms with Crippen LogP contribution in [0.2, 0.25) is 0 Å². The molecule has 0 spiro atoms. The lowest BCUT2D eigenvalue weighted by molar-refractivity contribution is -0.124. The van der Waals surface area contributed by atoms with Crippen LogP contribution in [-0.4, -0.2) is 28.9 Å². The summed E-state index contributed by atoms with van der Waals surface area (Å²) in [5, 5.41) is 4.23. The first-order chi connectivity index (χ1) is 10.6. The Labute approximate surface area is 134 Å². The van der Waals surface area contributed by atoms with E-state index in [0.29, 0.717) is 6.54 Å². The average Bonchev–Trinajstić information content (AvgIpc) is 3.08. The number of pyridine rings is 1. The monoisotopic (exact) mass is 315 g/mol. The number of carbonyl (C=O) groups excluding carboxylic acids is 1. The standard InChI is InChI=1S/C17H21N3OS/c1-4-12-8-18-9-13-7-14(22-16(12)13)10-19-17(21)15-6-5-11(2)20(15)3/h7-9,15H,2,4-6,10H2,1,3H3,(H,19,21). The molecule has 1 saturated heterocycles. The van der Waals surface area contributed by atoms with Crippen molar-refractivity contribution in [2.24, 2.45) is 0 Å². The van der Waals surface area contributed by atoms with Crippen LogP contribution < -0.4 is 5.32 Å². The number of allylic oxidation sites excluding steroid dienone is 1. The summed E-state index contributed by atoms with van der Waals surface area (Å²) in [6.45, 7) is 6.70. The maximum atomic E-state index is 12.3. The Balaban J connectivity index is 1.69. The number of likely N-dealkylation sites (tertiary alicyclic amines) is 1. The van der Waals surface area contributed by atoms with Gasteiger partial charge in [-0.2, -0.15) is 0 Å². The second-order valence-electron chi connectivity index (χ2n) is 5.73. The quantitative estimate of drug-likeness (QED) is 0.943. The molecule has 4 nitrogen and oxygen atoms in total. The molecule has 1 aliphatic heterocycles. The fourth-order valence-corrected chi connectivity index (χ4v) is 4.05. The van der Waals surface area contributed by atoms with E-state index in [-0.39, 0.29) is 11.9 Å². The largest absolute Gasteiger partial charge is 0.367 e. The molecule has 2 aromatic rings. The molecule has 0 aromatic carbocycles. The molecule has 2 aromatic heterocycles. The zero-order valence-corrected chi connectivity index (χ0v) is 13.9. The Morgan fingerprint density at radius 2 is 2.36 bits per heavy atom. The third-order valence-corrected chi connectivity index (χ3v) is 5.57. The van der Waals surface area contributed by atoms with Gasteiger partial charge in [-0.05, 0) is 30.9 Å². The molecular formula is C17H21N3OS. The summed E-state index contributed by atoms with van der Waals surface area (Å²) in [5.41, 5.74) is 2.31. The van der Waals surface area contributed by atoms with Crippen LogP contribution in [0.3, 0.4) is 0 Å². The minimum atomic E-state index is -0.0743. The minimum absolute atomic E-state index is 0.0743. The maximum Gasteiger partial charge on any atom is 0.242 e. The molecule has 0 aliphatic carbocycles. The summed E-state index contributed by atoms with van der Waals surface area (Å²) in [6.07, 6.45) is 6.57. The molecule has 3 heterocycles. The van der Waals surface area contributed by atoms with Crippen molar-refractivity contribution in [1.29, 1.82) is 0 Å². The number of aryl methyl sites for hydroxylation is 1. The summed E-state index contributed by atoms with van der Waals surface area (Å²) in [5.74, 6) is 0.0902.